The maximum absolute atomic E-state index is 12.4. The lowest BCUT2D eigenvalue weighted by Crippen LogP contribution is -2.11. The van der Waals surface area contributed by atoms with Crippen molar-refractivity contribution in [2.75, 3.05) is 5.32 Å². The number of carbonyl (C=O) groups excluding carboxylic acids is 1. The molecule has 0 aliphatic heterocycles. The molecule has 0 radical (unpaired) electrons. The van der Waals surface area contributed by atoms with Crippen LogP contribution in [0.25, 0.3) is 11.0 Å². The smallest absolute Gasteiger partial charge is 0.257 e. The Kier molecular flexibility index (Phi) is 4.04. The lowest BCUT2D eigenvalue weighted by Gasteiger charge is -2.05. The fourth-order valence-corrected chi connectivity index (χ4v) is 2.80. The molecule has 7 heteroatoms. The average Bonchev–Trinajstić information content (AvgIpc) is 2.96. The van der Waals surface area contributed by atoms with E-state index in [1.54, 1.807) is 12.1 Å². The Balaban J connectivity index is 1.86. The summed E-state index contributed by atoms with van der Waals surface area (Å²) in [5, 5.41) is 12.3. The highest BCUT2D eigenvalue weighted by atomic mass is 32.1. The molecule has 3 aromatic rings. The maximum atomic E-state index is 12.4. The standard InChI is InChI=1S/C16H17N5OS/c1-8(2)15-20-21-16(23-15)19-14(22)11-5-6-12-13(7-11)18-10(4)9(3)17-12/h5-8H,1-4H3,(H,19,21,22). The second kappa shape index (κ2) is 6.00. The maximum Gasteiger partial charge on any atom is 0.257 e. The summed E-state index contributed by atoms with van der Waals surface area (Å²) in [6, 6.07) is 5.29. The normalized spacial score (nSPS) is 11.2. The summed E-state index contributed by atoms with van der Waals surface area (Å²) in [6.45, 7) is 7.91. The molecular weight excluding hydrogens is 310 g/mol. The Morgan fingerprint density at radius 2 is 1.78 bits per heavy atom. The van der Waals surface area contributed by atoms with Crippen molar-refractivity contribution in [3.05, 3.63) is 40.2 Å². The van der Waals surface area contributed by atoms with E-state index in [1.165, 1.54) is 11.3 Å². The molecule has 0 unspecified atom stereocenters. The number of aryl methyl sites for hydroxylation is 2. The van der Waals surface area contributed by atoms with Gasteiger partial charge in [-0.3, -0.25) is 10.1 Å². The van der Waals surface area contributed by atoms with E-state index in [4.69, 9.17) is 0 Å². The summed E-state index contributed by atoms with van der Waals surface area (Å²) in [4.78, 5) is 21.3. The number of carbonyl (C=O) groups is 1. The highest BCUT2D eigenvalue weighted by molar-refractivity contribution is 7.15. The van der Waals surface area contributed by atoms with Crippen LogP contribution >= 0.6 is 11.3 Å². The Hall–Kier alpha value is -2.41. The van der Waals surface area contributed by atoms with Crippen LogP contribution in [0.3, 0.4) is 0 Å². The van der Waals surface area contributed by atoms with Crippen LogP contribution in [0.5, 0.6) is 0 Å². The van der Waals surface area contributed by atoms with E-state index < -0.39 is 0 Å². The molecule has 0 saturated carbocycles. The quantitative estimate of drug-likeness (QED) is 0.796. The van der Waals surface area contributed by atoms with Gasteiger partial charge in [-0.25, -0.2) is 9.97 Å². The molecule has 3 rings (SSSR count). The summed E-state index contributed by atoms with van der Waals surface area (Å²) in [7, 11) is 0. The van der Waals surface area contributed by atoms with E-state index in [1.807, 2.05) is 33.8 Å². The van der Waals surface area contributed by atoms with Gasteiger partial charge in [-0.15, -0.1) is 10.2 Å². The second-order valence-corrected chi connectivity index (χ2v) is 6.66. The highest BCUT2D eigenvalue weighted by Gasteiger charge is 2.13. The number of benzene rings is 1. The van der Waals surface area contributed by atoms with Crippen LogP contribution in [0.2, 0.25) is 0 Å². The molecule has 23 heavy (non-hydrogen) atoms. The predicted octanol–water partition coefficient (Wildman–Crippen LogP) is 3.47. The molecule has 0 spiro atoms. The van der Waals surface area contributed by atoms with Crippen molar-refractivity contribution in [2.45, 2.75) is 33.6 Å². The highest BCUT2D eigenvalue weighted by Crippen LogP contribution is 2.23. The van der Waals surface area contributed by atoms with Gasteiger partial charge in [0.15, 0.2) is 0 Å². The fraction of sp³-hybridized carbons (Fsp3) is 0.312. The molecule has 0 aliphatic rings. The Morgan fingerprint density at radius 1 is 1.09 bits per heavy atom. The summed E-state index contributed by atoms with van der Waals surface area (Å²) in [5.41, 5.74) is 3.77. The number of hydrogen-bond donors (Lipinski definition) is 1. The number of hydrogen-bond acceptors (Lipinski definition) is 6. The first-order valence-electron chi connectivity index (χ1n) is 7.34. The van der Waals surface area contributed by atoms with Gasteiger partial charge in [0.1, 0.15) is 5.01 Å². The number of amides is 1. The Bertz CT molecular complexity index is 887. The van der Waals surface area contributed by atoms with Gasteiger partial charge in [0.25, 0.3) is 5.91 Å². The van der Waals surface area contributed by atoms with E-state index in [9.17, 15) is 4.79 Å². The molecule has 1 N–H and O–H groups in total. The molecule has 1 aromatic carbocycles. The number of rotatable bonds is 3. The summed E-state index contributed by atoms with van der Waals surface area (Å²) in [6.07, 6.45) is 0. The molecule has 2 aromatic heterocycles. The summed E-state index contributed by atoms with van der Waals surface area (Å²) >= 11 is 1.39. The summed E-state index contributed by atoms with van der Waals surface area (Å²) < 4.78 is 0. The first-order valence-corrected chi connectivity index (χ1v) is 8.15. The van der Waals surface area contributed by atoms with Gasteiger partial charge in [-0.05, 0) is 32.0 Å². The number of anilines is 1. The van der Waals surface area contributed by atoms with Crippen LogP contribution < -0.4 is 5.32 Å². The zero-order valence-electron chi connectivity index (χ0n) is 13.4. The third kappa shape index (κ3) is 3.19. The van der Waals surface area contributed by atoms with Crippen LogP contribution in [-0.4, -0.2) is 26.1 Å². The summed E-state index contributed by atoms with van der Waals surface area (Å²) in [5.74, 6) is 0.0682. The van der Waals surface area contributed by atoms with Crippen molar-refractivity contribution >= 4 is 33.4 Å². The van der Waals surface area contributed by atoms with Crippen molar-refractivity contribution in [1.29, 1.82) is 0 Å². The largest absolute Gasteiger partial charge is 0.296 e. The van der Waals surface area contributed by atoms with Crippen LogP contribution in [0.4, 0.5) is 5.13 Å². The molecule has 0 saturated heterocycles. The SMILES string of the molecule is Cc1nc2ccc(C(=O)Nc3nnc(C(C)C)s3)cc2nc1C. The molecule has 2 heterocycles. The Labute approximate surface area is 138 Å². The molecule has 6 nitrogen and oxygen atoms in total. The van der Waals surface area contributed by atoms with Gasteiger partial charge in [-0.2, -0.15) is 0 Å². The van der Waals surface area contributed by atoms with E-state index in [-0.39, 0.29) is 5.91 Å². The monoisotopic (exact) mass is 327 g/mol. The zero-order valence-corrected chi connectivity index (χ0v) is 14.2. The predicted molar refractivity (Wildman–Crippen MR) is 91.0 cm³/mol. The number of aromatic nitrogens is 4. The van der Waals surface area contributed by atoms with Crippen molar-refractivity contribution < 1.29 is 4.79 Å². The van der Waals surface area contributed by atoms with Gasteiger partial charge < -0.3 is 0 Å². The third-order valence-corrected chi connectivity index (χ3v) is 4.63. The van der Waals surface area contributed by atoms with E-state index >= 15 is 0 Å². The van der Waals surface area contributed by atoms with Gasteiger partial charge in [-0.1, -0.05) is 25.2 Å². The van der Waals surface area contributed by atoms with Crippen LogP contribution in [0.1, 0.15) is 46.5 Å². The molecule has 0 bridgehead atoms. The molecular formula is C16H17N5OS. The van der Waals surface area contributed by atoms with Crippen LogP contribution in [0.15, 0.2) is 18.2 Å². The van der Waals surface area contributed by atoms with E-state index in [0.717, 1.165) is 21.9 Å². The Morgan fingerprint density at radius 3 is 2.43 bits per heavy atom. The van der Waals surface area contributed by atoms with Crippen molar-refractivity contribution in [1.82, 2.24) is 20.2 Å². The molecule has 1 amide bonds. The van der Waals surface area contributed by atoms with Gasteiger partial charge in [0.05, 0.1) is 22.4 Å². The van der Waals surface area contributed by atoms with Gasteiger partial charge in [0.2, 0.25) is 5.13 Å². The minimum Gasteiger partial charge on any atom is -0.296 e. The lowest BCUT2D eigenvalue weighted by molar-refractivity contribution is 0.102. The fourth-order valence-electron chi connectivity index (χ4n) is 2.06. The number of fused-ring (bicyclic) bond motifs is 1. The third-order valence-electron chi connectivity index (χ3n) is 3.49. The van der Waals surface area contributed by atoms with Crippen molar-refractivity contribution in [2.24, 2.45) is 0 Å². The number of nitrogens with zero attached hydrogens (tertiary/aromatic N) is 4. The van der Waals surface area contributed by atoms with Crippen molar-refractivity contribution in [3.63, 3.8) is 0 Å². The van der Waals surface area contributed by atoms with Crippen LogP contribution in [-0.2, 0) is 0 Å². The van der Waals surface area contributed by atoms with Gasteiger partial charge >= 0.3 is 0 Å². The molecule has 118 valence electrons. The minimum absolute atomic E-state index is 0.224. The lowest BCUT2D eigenvalue weighted by atomic mass is 10.1. The minimum atomic E-state index is -0.224. The molecule has 0 atom stereocenters. The first kappa shape index (κ1) is 15.5. The molecule has 0 fully saturated rings. The zero-order chi connectivity index (χ0) is 16.6. The first-order chi connectivity index (χ1) is 10.9. The van der Waals surface area contributed by atoms with E-state index in [2.05, 4.69) is 25.5 Å². The molecule has 0 aliphatic carbocycles. The van der Waals surface area contributed by atoms with Crippen LogP contribution in [0, 0.1) is 13.8 Å². The topological polar surface area (TPSA) is 80.7 Å². The second-order valence-electron chi connectivity index (χ2n) is 5.65. The van der Waals surface area contributed by atoms with E-state index in [0.29, 0.717) is 22.1 Å². The number of nitrogens with one attached hydrogen (secondary N) is 1. The average molecular weight is 327 g/mol. The van der Waals surface area contributed by atoms with Crippen molar-refractivity contribution in [3.8, 4) is 0 Å². The van der Waals surface area contributed by atoms with Gasteiger partial charge in [0, 0.05) is 11.5 Å².